The Morgan fingerprint density at radius 3 is 2.63 bits per heavy atom. The maximum Gasteiger partial charge on any atom is 0.170 e. The second kappa shape index (κ2) is 8.93. The minimum atomic E-state index is -0.00886. The number of rotatable bonds is 7. The second-order valence-electron chi connectivity index (χ2n) is 7.58. The molecule has 2 atom stereocenters. The Balaban J connectivity index is 1.74. The first-order valence-corrected chi connectivity index (χ1v) is 10.5. The average Bonchev–Trinajstić information content (AvgIpc) is 3.24. The van der Waals surface area contributed by atoms with Crippen molar-refractivity contribution in [1.82, 2.24) is 24.8 Å². The molecule has 3 aromatic rings. The Morgan fingerprint density at radius 2 is 1.93 bits per heavy atom. The van der Waals surface area contributed by atoms with Crippen LogP contribution in [0.2, 0.25) is 0 Å². The van der Waals surface area contributed by atoms with Crippen LogP contribution in [0.25, 0.3) is 0 Å². The Kier molecular flexibility index (Phi) is 6.11. The molecule has 1 saturated heterocycles. The van der Waals surface area contributed by atoms with Crippen molar-refractivity contribution < 1.29 is 4.74 Å². The topological polar surface area (TPSA) is 55.2 Å². The third kappa shape index (κ3) is 3.95. The Bertz CT molecular complexity index is 1010. The van der Waals surface area contributed by atoms with Crippen LogP contribution in [0.3, 0.4) is 0 Å². The molecule has 0 unspecified atom stereocenters. The summed E-state index contributed by atoms with van der Waals surface area (Å²) in [5.74, 6) is 0. The molecule has 7 heteroatoms. The Labute approximate surface area is 182 Å². The monoisotopic (exact) mass is 421 g/mol. The molecule has 0 spiro atoms. The Morgan fingerprint density at radius 1 is 1.13 bits per heavy atom. The smallest absolute Gasteiger partial charge is 0.170 e. The zero-order valence-corrected chi connectivity index (χ0v) is 18.4. The van der Waals surface area contributed by atoms with Crippen molar-refractivity contribution in [1.29, 1.82) is 0 Å². The highest BCUT2D eigenvalue weighted by atomic mass is 32.1. The van der Waals surface area contributed by atoms with Crippen LogP contribution in [-0.2, 0) is 11.3 Å². The van der Waals surface area contributed by atoms with E-state index in [-0.39, 0.29) is 12.1 Å². The lowest BCUT2D eigenvalue weighted by molar-refractivity contribution is 0.164. The molecule has 30 heavy (non-hydrogen) atoms. The number of hydrogen-bond acceptors (Lipinski definition) is 4. The quantitative estimate of drug-likeness (QED) is 0.589. The molecule has 4 heterocycles. The molecule has 0 radical (unpaired) electrons. The lowest BCUT2D eigenvalue weighted by Crippen LogP contribution is -2.32. The molecule has 1 fully saturated rings. The summed E-state index contributed by atoms with van der Waals surface area (Å²) >= 11 is 5.71. The van der Waals surface area contributed by atoms with Crippen molar-refractivity contribution in [2.24, 2.45) is 0 Å². The number of hydrogen-bond donors (Lipinski definition) is 1. The molecule has 3 aromatic heterocycles. The Hall–Kier alpha value is -2.77. The van der Waals surface area contributed by atoms with E-state index in [2.05, 4.69) is 62.9 Å². The van der Waals surface area contributed by atoms with Crippen LogP contribution < -0.4 is 5.32 Å². The number of ether oxygens (including phenoxy) is 1. The maximum absolute atomic E-state index is 5.71. The standard InChI is InChI=1S/C23H27N5OS/c1-16-14-19(17(2)28(16)15-18-7-10-24-11-8-18)22-21(20-6-4-5-9-25-20)26-23(30)27(22)12-13-29-3/h4-11,14,21-22H,12-13,15H2,1-3H3,(H,26,30)/t21-,22+/m0/s1. The van der Waals surface area contributed by atoms with Crippen molar-refractivity contribution in [3.8, 4) is 0 Å². The van der Waals surface area contributed by atoms with Crippen molar-refractivity contribution in [2.45, 2.75) is 32.5 Å². The van der Waals surface area contributed by atoms with Gasteiger partial charge in [0.05, 0.1) is 24.4 Å². The average molecular weight is 422 g/mol. The zero-order valence-electron chi connectivity index (χ0n) is 17.6. The van der Waals surface area contributed by atoms with Crippen molar-refractivity contribution in [2.75, 3.05) is 20.3 Å². The summed E-state index contributed by atoms with van der Waals surface area (Å²) in [5.41, 5.74) is 5.95. The van der Waals surface area contributed by atoms with Gasteiger partial charge in [0.2, 0.25) is 0 Å². The molecule has 4 rings (SSSR count). The fraction of sp³-hybridized carbons (Fsp3) is 0.348. The fourth-order valence-corrected chi connectivity index (χ4v) is 4.55. The van der Waals surface area contributed by atoms with E-state index in [0.717, 1.165) is 23.9 Å². The minimum absolute atomic E-state index is 0.00886. The predicted octanol–water partition coefficient (Wildman–Crippen LogP) is 3.56. The van der Waals surface area contributed by atoms with E-state index in [9.17, 15) is 0 Å². The maximum atomic E-state index is 5.71. The van der Waals surface area contributed by atoms with Gasteiger partial charge in [-0.2, -0.15) is 0 Å². The second-order valence-corrected chi connectivity index (χ2v) is 7.97. The molecular weight excluding hydrogens is 394 g/mol. The highest BCUT2D eigenvalue weighted by Gasteiger charge is 2.41. The molecule has 1 aliphatic rings. The summed E-state index contributed by atoms with van der Waals surface area (Å²) < 4.78 is 7.72. The molecule has 1 N–H and O–H groups in total. The predicted molar refractivity (Wildman–Crippen MR) is 121 cm³/mol. The molecular formula is C23H27N5OS. The number of aryl methyl sites for hydroxylation is 1. The van der Waals surface area contributed by atoms with Crippen LogP contribution in [-0.4, -0.2) is 44.8 Å². The van der Waals surface area contributed by atoms with Gasteiger partial charge in [-0.15, -0.1) is 0 Å². The van der Waals surface area contributed by atoms with E-state index in [1.54, 1.807) is 7.11 Å². The van der Waals surface area contributed by atoms with Gasteiger partial charge in [0.15, 0.2) is 5.11 Å². The number of nitrogens with zero attached hydrogens (tertiary/aromatic N) is 4. The normalized spacial score (nSPS) is 18.6. The summed E-state index contributed by atoms with van der Waals surface area (Å²) in [6, 6.07) is 12.5. The van der Waals surface area contributed by atoms with Crippen molar-refractivity contribution >= 4 is 17.3 Å². The molecule has 0 amide bonds. The summed E-state index contributed by atoms with van der Waals surface area (Å²) in [5, 5.41) is 4.25. The summed E-state index contributed by atoms with van der Waals surface area (Å²) in [7, 11) is 1.72. The van der Waals surface area contributed by atoms with Crippen molar-refractivity contribution in [3.05, 3.63) is 83.2 Å². The third-order valence-electron chi connectivity index (χ3n) is 5.76. The van der Waals surface area contributed by atoms with Crippen LogP contribution in [0, 0.1) is 13.8 Å². The first-order chi connectivity index (χ1) is 14.6. The SMILES string of the molecule is COCCN1C(=S)N[C@@H](c2ccccn2)[C@H]1c1cc(C)n(Cc2ccncc2)c1C. The summed E-state index contributed by atoms with van der Waals surface area (Å²) in [4.78, 5) is 11.0. The highest BCUT2D eigenvalue weighted by Crippen LogP contribution is 2.40. The number of aromatic nitrogens is 3. The number of thiocarbonyl (C=S) groups is 1. The van der Waals surface area contributed by atoms with Gasteiger partial charge in [-0.3, -0.25) is 9.97 Å². The van der Waals surface area contributed by atoms with Gasteiger partial charge in [-0.25, -0.2) is 0 Å². The fourth-order valence-electron chi connectivity index (χ4n) is 4.22. The molecule has 0 bridgehead atoms. The summed E-state index contributed by atoms with van der Waals surface area (Å²) in [6.07, 6.45) is 5.52. The van der Waals surface area contributed by atoms with E-state index in [4.69, 9.17) is 17.0 Å². The van der Waals surface area contributed by atoms with Gasteiger partial charge >= 0.3 is 0 Å². The number of nitrogens with one attached hydrogen (secondary N) is 1. The van der Waals surface area contributed by atoms with Gasteiger partial charge in [0.1, 0.15) is 0 Å². The number of pyridine rings is 2. The van der Waals surface area contributed by atoms with Crippen LogP contribution in [0.15, 0.2) is 55.0 Å². The molecule has 0 aliphatic carbocycles. The third-order valence-corrected chi connectivity index (χ3v) is 6.11. The molecule has 156 valence electrons. The van der Waals surface area contributed by atoms with Crippen LogP contribution in [0.5, 0.6) is 0 Å². The lowest BCUT2D eigenvalue weighted by Gasteiger charge is -2.28. The number of methoxy groups -OCH3 is 1. The first kappa shape index (κ1) is 20.5. The lowest BCUT2D eigenvalue weighted by atomic mass is 9.97. The molecule has 1 aliphatic heterocycles. The first-order valence-electron chi connectivity index (χ1n) is 10.1. The highest BCUT2D eigenvalue weighted by molar-refractivity contribution is 7.80. The van der Waals surface area contributed by atoms with Crippen molar-refractivity contribution in [3.63, 3.8) is 0 Å². The minimum Gasteiger partial charge on any atom is -0.383 e. The molecule has 0 aromatic carbocycles. The van der Waals surface area contributed by atoms with E-state index >= 15 is 0 Å². The van der Waals surface area contributed by atoms with Gasteiger partial charge < -0.3 is 19.5 Å². The van der Waals surface area contributed by atoms with Gasteiger partial charge in [-0.05, 0) is 67.5 Å². The zero-order chi connectivity index (χ0) is 21.1. The van der Waals surface area contributed by atoms with Gasteiger partial charge in [0, 0.05) is 50.2 Å². The van der Waals surface area contributed by atoms with E-state index in [1.165, 1.54) is 22.5 Å². The van der Waals surface area contributed by atoms with Crippen LogP contribution >= 0.6 is 12.2 Å². The van der Waals surface area contributed by atoms with Gasteiger partial charge in [-0.1, -0.05) is 6.07 Å². The van der Waals surface area contributed by atoms with Crippen LogP contribution in [0.4, 0.5) is 0 Å². The van der Waals surface area contributed by atoms with Gasteiger partial charge in [0.25, 0.3) is 0 Å². The van der Waals surface area contributed by atoms with E-state index < -0.39 is 0 Å². The van der Waals surface area contributed by atoms with E-state index in [1.807, 2.05) is 30.7 Å². The molecule has 0 saturated carbocycles. The van der Waals surface area contributed by atoms with Crippen LogP contribution in [0.1, 0.15) is 40.3 Å². The van der Waals surface area contributed by atoms with E-state index in [0.29, 0.717) is 6.61 Å². The summed E-state index contributed by atoms with van der Waals surface area (Å²) in [6.45, 7) is 6.51. The largest absolute Gasteiger partial charge is 0.383 e. The molecule has 6 nitrogen and oxygen atoms in total.